The highest BCUT2D eigenvalue weighted by atomic mass is 35.5. The fraction of sp³-hybridized carbons (Fsp3) is 0.350. The van der Waals surface area contributed by atoms with E-state index in [0.29, 0.717) is 22.3 Å². The van der Waals surface area contributed by atoms with Gasteiger partial charge >= 0.3 is 0 Å². The number of ether oxygens (including phenoxy) is 3. The second-order valence-electron chi connectivity index (χ2n) is 6.01. The summed E-state index contributed by atoms with van der Waals surface area (Å²) >= 11 is 6.01. The van der Waals surface area contributed by atoms with Crippen molar-refractivity contribution in [2.24, 2.45) is 0 Å². The van der Waals surface area contributed by atoms with Gasteiger partial charge in [0.2, 0.25) is 0 Å². The third-order valence-corrected chi connectivity index (χ3v) is 4.50. The zero-order valence-corrected chi connectivity index (χ0v) is 16.4. The molecule has 26 heavy (non-hydrogen) atoms. The predicted octanol–water partition coefficient (Wildman–Crippen LogP) is 4.31. The third kappa shape index (κ3) is 4.82. The maximum absolute atomic E-state index is 12.5. The van der Waals surface area contributed by atoms with Crippen molar-refractivity contribution in [2.45, 2.75) is 32.9 Å². The van der Waals surface area contributed by atoms with Crippen LogP contribution in [0.2, 0.25) is 5.02 Å². The molecule has 0 aliphatic rings. The Kier molecular flexibility index (Phi) is 6.75. The van der Waals surface area contributed by atoms with E-state index in [1.54, 1.807) is 39.3 Å². The Balaban J connectivity index is 2.07. The van der Waals surface area contributed by atoms with Crippen LogP contribution in [0.1, 0.15) is 31.0 Å². The Bertz CT molecular complexity index is 778. The largest absolute Gasteiger partial charge is 0.497 e. The molecule has 0 saturated heterocycles. The van der Waals surface area contributed by atoms with E-state index < -0.39 is 6.10 Å². The van der Waals surface area contributed by atoms with Crippen molar-refractivity contribution in [2.75, 3.05) is 14.2 Å². The first-order valence-corrected chi connectivity index (χ1v) is 8.68. The van der Waals surface area contributed by atoms with E-state index in [9.17, 15) is 4.79 Å². The van der Waals surface area contributed by atoms with E-state index in [1.165, 1.54) is 0 Å². The fourth-order valence-electron chi connectivity index (χ4n) is 2.53. The minimum Gasteiger partial charge on any atom is -0.497 e. The van der Waals surface area contributed by atoms with Gasteiger partial charge in [-0.3, -0.25) is 4.79 Å². The van der Waals surface area contributed by atoms with Gasteiger partial charge in [0.25, 0.3) is 5.91 Å². The van der Waals surface area contributed by atoms with Gasteiger partial charge in [0.1, 0.15) is 17.2 Å². The molecule has 2 aromatic rings. The van der Waals surface area contributed by atoms with Gasteiger partial charge in [-0.25, -0.2) is 0 Å². The molecule has 1 N–H and O–H groups in total. The average Bonchev–Trinajstić information content (AvgIpc) is 2.63. The second-order valence-corrected chi connectivity index (χ2v) is 6.42. The van der Waals surface area contributed by atoms with Crippen molar-refractivity contribution < 1.29 is 19.0 Å². The molecule has 6 heteroatoms. The normalized spacial score (nSPS) is 12.8. The first-order valence-electron chi connectivity index (χ1n) is 8.30. The van der Waals surface area contributed by atoms with Crippen LogP contribution in [0.5, 0.6) is 17.2 Å². The summed E-state index contributed by atoms with van der Waals surface area (Å²) in [6.45, 7) is 5.47. The van der Waals surface area contributed by atoms with Crippen LogP contribution < -0.4 is 19.5 Å². The molecule has 140 valence electrons. The van der Waals surface area contributed by atoms with E-state index in [-0.39, 0.29) is 11.9 Å². The van der Waals surface area contributed by atoms with Gasteiger partial charge < -0.3 is 19.5 Å². The molecule has 0 aliphatic carbocycles. The minimum absolute atomic E-state index is 0.227. The number of benzene rings is 2. The van der Waals surface area contributed by atoms with Gasteiger partial charge in [-0.05, 0) is 62.7 Å². The van der Waals surface area contributed by atoms with Gasteiger partial charge in [-0.1, -0.05) is 11.6 Å². The summed E-state index contributed by atoms with van der Waals surface area (Å²) in [6.07, 6.45) is -0.658. The number of methoxy groups -OCH3 is 2. The molecule has 0 spiro atoms. The Morgan fingerprint density at radius 2 is 1.73 bits per heavy atom. The van der Waals surface area contributed by atoms with E-state index in [4.69, 9.17) is 25.8 Å². The summed E-state index contributed by atoms with van der Waals surface area (Å²) in [6, 6.07) is 10.5. The minimum atomic E-state index is -0.658. The van der Waals surface area contributed by atoms with Gasteiger partial charge in [-0.2, -0.15) is 0 Å². The highest BCUT2D eigenvalue weighted by molar-refractivity contribution is 6.31. The average molecular weight is 378 g/mol. The zero-order chi connectivity index (χ0) is 19.3. The molecule has 0 bridgehead atoms. The first-order chi connectivity index (χ1) is 12.3. The van der Waals surface area contributed by atoms with E-state index in [1.807, 2.05) is 32.0 Å². The maximum Gasteiger partial charge on any atom is 0.261 e. The van der Waals surface area contributed by atoms with Crippen LogP contribution in [-0.4, -0.2) is 26.2 Å². The number of aryl methyl sites for hydroxylation is 1. The number of carbonyl (C=O) groups is 1. The van der Waals surface area contributed by atoms with Crippen molar-refractivity contribution in [3.63, 3.8) is 0 Å². The number of nitrogens with one attached hydrogen (secondary N) is 1. The lowest BCUT2D eigenvalue weighted by Gasteiger charge is -2.21. The SMILES string of the molecule is COc1ccc(OC)c([C@H](C)NC(=O)[C@H](C)Oc2ccc(Cl)c(C)c2)c1. The summed E-state index contributed by atoms with van der Waals surface area (Å²) in [5.74, 6) is 1.75. The fourth-order valence-corrected chi connectivity index (χ4v) is 2.65. The number of carbonyl (C=O) groups excluding carboxylic acids is 1. The van der Waals surface area contributed by atoms with Crippen molar-refractivity contribution in [1.82, 2.24) is 5.32 Å². The molecule has 0 fully saturated rings. The van der Waals surface area contributed by atoms with Crippen molar-refractivity contribution in [3.05, 3.63) is 52.5 Å². The molecule has 2 aromatic carbocycles. The molecule has 0 aromatic heterocycles. The summed E-state index contributed by atoms with van der Waals surface area (Å²) in [4.78, 5) is 12.5. The van der Waals surface area contributed by atoms with Crippen LogP contribution in [-0.2, 0) is 4.79 Å². The number of rotatable bonds is 7. The predicted molar refractivity (Wildman–Crippen MR) is 102 cm³/mol. The lowest BCUT2D eigenvalue weighted by atomic mass is 10.1. The van der Waals surface area contributed by atoms with Crippen LogP contribution in [0, 0.1) is 6.92 Å². The Labute approximate surface area is 159 Å². The lowest BCUT2D eigenvalue weighted by Crippen LogP contribution is -2.37. The van der Waals surface area contributed by atoms with Crippen molar-refractivity contribution in [3.8, 4) is 17.2 Å². The number of hydrogen-bond acceptors (Lipinski definition) is 4. The van der Waals surface area contributed by atoms with Crippen molar-refractivity contribution in [1.29, 1.82) is 0 Å². The summed E-state index contributed by atoms with van der Waals surface area (Å²) in [5.41, 5.74) is 1.72. The molecular formula is C20H24ClNO4. The Morgan fingerprint density at radius 3 is 2.35 bits per heavy atom. The number of hydrogen-bond donors (Lipinski definition) is 1. The molecule has 1 amide bonds. The van der Waals surface area contributed by atoms with E-state index >= 15 is 0 Å². The summed E-state index contributed by atoms with van der Waals surface area (Å²) in [5, 5.41) is 3.60. The molecule has 0 unspecified atom stereocenters. The van der Waals surface area contributed by atoms with Gasteiger partial charge in [0.15, 0.2) is 6.10 Å². The quantitative estimate of drug-likeness (QED) is 0.781. The molecule has 0 aliphatic heterocycles. The van der Waals surface area contributed by atoms with Crippen LogP contribution >= 0.6 is 11.6 Å². The van der Waals surface area contributed by atoms with Gasteiger partial charge in [0.05, 0.1) is 20.3 Å². The highest BCUT2D eigenvalue weighted by Gasteiger charge is 2.20. The van der Waals surface area contributed by atoms with Gasteiger partial charge in [0, 0.05) is 10.6 Å². The summed E-state index contributed by atoms with van der Waals surface area (Å²) in [7, 11) is 3.19. The molecule has 2 rings (SSSR count). The number of amides is 1. The third-order valence-electron chi connectivity index (χ3n) is 4.07. The van der Waals surface area contributed by atoms with Crippen molar-refractivity contribution >= 4 is 17.5 Å². The summed E-state index contributed by atoms with van der Waals surface area (Å²) < 4.78 is 16.4. The monoisotopic (exact) mass is 377 g/mol. The maximum atomic E-state index is 12.5. The topological polar surface area (TPSA) is 56.8 Å². The molecule has 5 nitrogen and oxygen atoms in total. The molecular weight excluding hydrogens is 354 g/mol. The Morgan fingerprint density at radius 1 is 1.04 bits per heavy atom. The second kappa shape index (κ2) is 8.81. The lowest BCUT2D eigenvalue weighted by molar-refractivity contribution is -0.127. The van der Waals surface area contributed by atoms with E-state index in [2.05, 4.69) is 5.32 Å². The van der Waals surface area contributed by atoms with Gasteiger partial charge in [-0.15, -0.1) is 0 Å². The molecule has 0 radical (unpaired) electrons. The van der Waals surface area contributed by atoms with Crippen LogP contribution in [0.4, 0.5) is 0 Å². The Hall–Kier alpha value is -2.40. The standard InChI is InChI=1S/C20H24ClNO4/c1-12-10-16(6-8-18(12)21)26-14(3)20(23)22-13(2)17-11-15(24-4)7-9-19(17)25-5/h6-11,13-14H,1-5H3,(H,22,23)/t13-,14-/m0/s1. The van der Waals surface area contributed by atoms with Crippen LogP contribution in [0.3, 0.4) is 0 Å². The van der Waals surface area contributed by atoms with Crippen LogP contribution in [0.15, 0.2) is 36.4 Å². The first kappa shape index (κ1) is 19.9. The van der Waals surface area contributed by atoms with Crippen LogP contribution in [0.25, 0.3) is 0 Å². The molecule has 0 saturated carbocycles. The number of halogens is 1. The zero-order valence-electron chi connectivity index (χ0n) is 15.6. The molecule has 2 atom stereocenters. The van der Waals surface area contributed by atoms with E-state index in [0.717, 1.165) is 11.1 Å². The smallest absolute Gasteiger partial charge is 0.261 e. The molecule has 0 heterocycles. The highest BCUT2D eigenvalue weighted by Crippen LogP contribution is 2.29.